The van der Waals surface area contributed by atoms with E-state index in [1.54, 1.807) is 0 Å². The van der Waals surface area contributed by atoms with Crippen molar-refractivity contribution in [3.05, 3.63) is 11.6 Å². The molecule has 0 aromatic heterocycles. The van der Waals surface area contributed by atoms with E-state index in [0.29, 0.717) is 12.2 Å². The number of carbonyl (C=O) groups excluding carboxylic acids is 1. The molecule has 1 rings (SSSR count). The Morgan fingerprint density at radius 2 is 1.80 bits per heavy atom. The van der Waals surface area contributed by atoms with Crippen LogP contribution in [0.25, 0.3) is 0 Å². The largest absolute Gasteiger partial charge is 0.299 e. The number of hydrogen-bond acceptors (Lipinski definition) is 1. The molecule has 1 aliphatic rings. The van der Waals surface area contributed by atoms with Gasteiger partial charge in [0.1, 0.15) is 5.78 Å². The second-order valence-corrected chi connectivity index (χ2v) is 5.10. The summed E-state index contributed by atoms with van der Waals surface area (Å²) in [4.78, 5) is 12.1. The summed E-state index contributed by atoms with van der Waals surface area (Å²) in [5.74, 6) is 0.486. The number of allylic oxidation sites excluding steroid dienone is 2. The van der Waals surface area contributed by atoms with Crippen molar-refractivity contribution < 1.29 is 4.79 Å². The Morgan fingerprint density at radius 1 is 1.20 bits per heavy atom. The van der Waals surface area contributed by atoms with Gasteiger partial charge in [-0.25, -0.2) is 0 Å². The van der Waals surface area contributed by atoms with E-state index >= 15 is 0 Å². The van der Waals surface area contributed by atoms with Crippen LogP contribution in [0.2, 0.25) is 0 Å². The van der Waals surface area contributed by atoms with E-state index in [1.807, 2.05) is 6.92 Å². The topological polar surface area (TPSA) is 17.1 Å². The van der Waals surface area contributed by atoms with E-state index < -0.39 is 0 Å². The minimum atomic E-state index is 0.00424. The molecule has 1 nitrogen and oxygen atoms in total. The van der Waals surface area contributed by atoms with E-state index in [4.69, 9.17) is 0 Å². The van der Waals surface area contributed by atoms with E-state index in [-0.39, 0.29) is 5.41 Å². The first-order valence-electron chi connectivity index (χ1n) is 6.27. The molecule has 1 saturated carbocycles. The first-order chi connectivity index (χ1) is 7.10. The van der Waals surface area contributed by atoms with Crippen molar-refractivity contribution in [3.63, 3.8) is 0 Å². The SMILES string of the molecule is CCC(=O)C1(CC=C(C)C)CCCCC1. The maximum absolute atomic E-state index is 12.1. The van der Waals surface area contributed by atoms with Gasteiger partial charge in [0.05, 0.1) is 0 Å². The Kier molecular flexibility index (Phi) is 4.56. The lowest BCUT2D eigenvalue weighted by atomic mass is 9.68. The van der Waals surface area contributed by atoms with Gasteiger partial charge in [0.25, 0.3) is 0 Å². The van der Waals surface area contributed by atoms with Crippen molar-refractivity contribution in [1.29, 1.82) is 0 Å². The van der Waals surface area contributed by atoms with Crippen molar-refractivity contribution in [3.8, 4) is 0 Å². The smallest absolute Gasteiger partial charge is 0.139 e. The van der Waals surface area contributed by atoms with Crippen molar-refractivity contribution >= 4 is 5.78 Å². The number of ketones is 1. The second kappa shape index (κ2) is 5.48. The predicted octanol–water partition coefficient (Wildman–Crippen LogP) is 4.27. The molecule has 0 saturated heterocycles. The fourth-order valence-corrected chi connectivity index (χ4v) is 2.60. The van der Waals surface area contributed by atoms with Crippen LogP contribution >= 0.6 is 0 Å². The summed E-state index contributed by atoms with van der Waals surface area (Å²) in [7, 11) is 0. The number of carbonyl (C=O) groups is 1. The third kappa shape index (κ3) is 3.19. The summed E-state index contributed by atoms with van der Waals surface area (Å²) >= 11 is 0. The van der Waals surface area contributed by atoms with Gasteiger partial charge in [-0.05, 0) is 33.1 Å². The molecule has 0 radical (unpaired) electrons. The molecule has 0 aromatic carbocycles. The first-order valence-corrected chi connectivity index (χ1v) is 6.27. The Balaban J connectivity index is 2.75. The van der Waals surface area contributed by atoms with Crippen LogP contribution in [-0.2, 0) is 4.79 Å². The summed E-state index contributed by atoms with van der Waals surface area (Å²) in [5.41, 5.74) is 1.34. The zero-order valence-electron chi connectivity index (χ0n) is 10.4. The molecule has 0 aliphatic heterocycles. The van der Waals surface area contributed by atoms with Gasteiger partial charge in [-0.15, -0.1) is 0 Å². The lowest BCUT2D eigenvalue weighted by molar-refractivity contribution is -0.130. The maximum atomic E-state index is 12.1. The van der Waals surface area contributed by atoms with Crippen LogP contribution in [0.5, 0.6) is 0 Å². The normalized spacial score (nSPS) is 19.7. The zero-order chi connectivity index (χ0) is 11.3. The van der Waals surface area contributed by atoms with E-state index in [0.717, 1.165) is 19.3 Å². The molecule has 1 aliphatic carbocycles. The van der Waals surface area contributed by atoms with Gasteiger partial charge in [-0.1, -0.05) is 37.8 Å². The van der Waals surface area contributed by atoms with Crippen LogP contribution < -0.4 is 0 Å². The van der Waals surface area contributed by atoms with Crippen LogP contribution in [0.1, 0.15) is 65.7 Å². The molecule has 0 heterocycles. The molecule has 1 fully saturated rings. The highest BCUT2D eigenvalue weighted by Crippen LogP contribution is 2.41. The zero-order valence-corrected chi connectivity index (χ0v) is 10.4. The summed E-state index contributed by atoms with van der Waals surface area (Å²) < 4.78 is 0. The van der Waals surface area contributed by atoms with E-state index in [1.165, 1.54) is 24.8 Å². The molecule has 86 valence electrons. The van der Waals surface area contributed by atoms with Crippen molar-refractivity contribution in [2.45, 2.75) is 65.7 Å². The summed E-state index contributed by atoms with van der Waals surface area (Å²) in [6, 6.07) is 0. The fraction of sp³-hybridized carbons (Fsp3) is 0.786. The highest BCUT2D eigenvalue weighted by molar-refractivity contribution is 5.84. The number of hydrogen-bond donors (Lipinski definition) is 0. The Hall–Kier alpha value is -0.590. The molecule has 0 amide bonds. The van der Waals surface area contributed by atoms with Gasteiger partial charge in [0.15, 0.2) is 0 Å². The first kappa shape index (κ1) is 12.5. The van der Waals surface area contributed by atoms with Gasteiger partial charge >= 0.3 is 0 Å². The lowest BCUT2D eigenvalue weighted by Crippen LogP contribution is -2.32. The van der Waals surface area contributed by atoms with E-state index in [2.05, 4.69) is 19.9 Å². The molecule has 0 atom stereocenters. The highest BCUT2D eigenvalue weighted by atomic mass is 16.1. The van der Waals surface area contributed by atoms with Gasteiger partial charge in [0, 0.05) is 11.8 Å². The van der Waals surface area contributed by atoms with Gasteiger partial charge in [-0.2, -0.15) is 0 Å². The van der Waals surface area contributed by atoms with Crippen LogP contribution in [0, 0.1) is 5.41 Å². The van der Waals surface area contributed by atoms with Gasteiger partial charge in [0.2, 0.25) is 0 Å². The molecular weight excluding hydrogens is 184 g/mol. The van der Waals surface area contributed by atoms with Gasteiger partial charge in [-0.3, -0.25) is 4.79 Å². The van der Waals surface area contributed by atoms with Crippen LogP contribution in [0.4, 0.5) is 0 Å². The summed E-state index contributed by atoms with van der Waals surface area (Å²) in [6.45, 7) is 6.24. The maximum Gasteiger partial charge on any atom is 0.139 e. The monoisotopic (exact) mass is 208 g/mol. The average molecular weight is 208 g/mol. The molecule has 1 heteroatoms. The van der Waals surface area contributed by atoms with Crippen molar-refractivity contribution in [2.75, 3.05) is 0 Å². The quantitative estimate of drug-likeness (QED) is 0.630. The average Bonchev–Trinajstić information content (AvgIpc) is 2.26. The minimum Gasteiger partial charge on any atom is -0.299 e. The van der Waals surface area contributed by atoms with Crippen molar-refractivity contribution in [1.82, 2.24) is 0 Å². The van der Waals surface area contributed by atoms with Crippen LogP contribution in [-0.4, -0.2) is 5.78 Å². The molecule has 0 spiro atoms. The third-order valence-electron chi connectivity index (χ3n) is 3.62. The molecule has 15 heavy (non-hydrogen) atoms. The summed E-state index contributed by atoms with van der Waals surface area (Å²) in [5, 5.41) is 0. The number of Topliss-reactive ketones (excluding diaryl/α,β-unsaturated/α-hetero) is 1. The van der Waals surface area contributed by atoms with Crippen LogP contribution in [0.3, 0.4) is 0 Å². The summed E-state index contributed by atoms with van der Waals surface area (Å²) in [6.07, 6.45) is 9.95. The Bertz CT molecular complexity index is 240. The standard InChI is InChI=1S/C14H24O/c1-4-13(15)14(11-8-12(2)3)9-6-5-7-10-14/h8H,4-7,9-11H2,1-3H3. The number of rotatable bonds is 4. The van der Waals surface area contributed by atoms with E-state index in [9.17, 15) is 4.79 Å². The lowest BCUT2D eigenvalue weighted by Gasteiger charge is -2.35. The third-order valence-corrected chi connectivity index (χ3v) is 3.62. The highest BCUT2D eigenvalue weighted by Gasteiger charge is 2.36. The molecule has 0 bridgehead atoms. The van der Waals surface area contributed by atoms with Crippen molar-refractivity contribution in [2.24, 2.45) is 5.41 Å². The van der Waals surface area contributed by atoms with Crippen LogP contribution in [0.15, 0.2) is 11.6 Å². The van der Waals surface area contributed by atoms with Gasteiger partial charge < -0.3 is 0 Å². The Morgan fingerprint density at radius 3 is 2.27 bits per heavy atom. The molecule has 0 N–H and O–H groups in total. The predicted molar refractivity (Wildman–Crippen MR) is 64.9 cm³/mol. The molecule has 0 unspecified atom stereocenters. The minimum absolute atomic E-state index is 0.00424. The molecular formula is C14H24O. The second-order valence-electron chi connectivity index (χ2n) is 5.10. The fourth-order valence-electron chi connectivity index (χ4n) is 2.60. The Labute approximate surface area is 93.9 Å². The molecule has 0 aromatic rings.